The molecule has 0 spiro atoms. The molecule has 0 N–H and O–H groups in total. The van der Waals surface area contributed by atoms with Crippen molar-refractivity contribution in [1.29, 1.82) is 0 Å². The minimum Gasteiger partial charge on any atom is -0.412 e. The van der Waals surface area contributed by atoms with Gasteiger partial charge in [-0.2, -0.15) is 8.42 Å². The van der Waals surface area contributed by atoms with Crippen molar-refractivity contribution >= 4 is 18.4 Å². The van der Waals surface area contributed by atoms with Crippen molar-refractivity contribution in [3.05, 3.63) is 29.8 Å². The van der Waals surface area contributed by atoms with Crippen molar-refractivity contribution < 1.29 is 21.8 Å². The molecule has 0 bridgehead atoms. The summed E-state index contributed by atoms with van der Waals surface area (Å²) in [6.07, 6.45) is 0.760. The van der Waals surface area contributed by atoms with Gasteiger partial charge >= 0.3 is 0 Å². The summed E-state index contributed by atoms with van der Waals surface area (Å²) in [6, 6.07) is 6.68. The second-order valence-corrected chi connectivity index (χ2v) is 15.1. The zero-order valence-corrected chi connectivity index (χ0v) is 18.6. The largest absolute Gasteiger partial charge is 0.412 e. The molecule has 26 heavy (non-hydrogen) atoms. The number of hydrogen-bond donors (Lipinski definition) is 0. The number of rotatable bonds is 6. The molecule has 1 aliphatic rings. The summed E-state index contributed by atoms with van der Waals surface area (Å²) in [5, 5.41) is 0.130. The maximum Gasteiger partial charge on any atom is 0.296 e. The molecule has 0 amide bonds. The first-order valence-corrected chi connectivity index (χ1v) is 13.4. The molecular formula is C19H32O5SSi. The summed E-state index contributed by atoms with van der Waals surface area (Å²) in [5.74, 6) is 0.0127. The van der Waals surface area contributed by atoms with Crippen molar-refractivity contribution in [2.75, 3.05) is 19.8 Å². The van der Waals surface area contributed by atoms with Gasteiger partial charge in [-0.25, -0.2) is 0 Å². The van der Waals surface area contributed by atoms with Crippen LogP contribution >= 0.6 is 0 Å². The Labute approximate surface area is 159 Å². The minimum atomic E-state index is -3.74. The van der Waals surface area contributed by atoms with Crippen LogP contribution in [0.15, 0.2) is 29.2 Å². The molecule has 7 heteroatoms. The lowest BCUT2D eigenvalue weighted by atomic mass is 10.0. The van der Waals surface area contributed by atoms with E-state index in [1.165, 1.54) is 0 Å². The molecule has 1 saturated heterocycles. The predicted octanol–water partition coefficient (Wildman–Crippen LogP) is 4.13. The first kappa shape index (κ1) is 21.6. The van der Waals surface area contributed by atoms with E-state index in [4.69, 9.17) is 13.3 Å². The van der Waals surface area contributed by atoms with Gasteiger partial charge in [0, 0.05) is 5.92 Å². The van der Waals surface area contributed by atoms with Gasteiger partial charge < -0.3 is 9.16 Å². The number of hydrogen-bond acceptors (Lipinski definition) is 5. The molecule has 5 nitrogen and oxygen atoms in total. The van der Waals surface area contributed by atoms with Crippen LogP contribution < -0.4 is 0 Å². The van der Waals surface area contributed by atoms with Gasteiger partial charge in [-0.3, -0.25) is 4.18 Å². The molecule has 0 radical (unpaired) electrons. The van der Waals surface area contributed by atoms with E-state index in [0.717, 1.165) is 12.0 Å². The van der Waals surface area contributed by atoms with Crippen LogP contribution in [0.5, 0.6) is 0 Å². The Bertz CT molecular complexity index is 692. The number of ether oxygens (including phenoxy) is 1. The Morgan fingerprint density at radius 1 is 1.15 bits per heavy atom. The standard InChI is InChI=1S/C19H32O5SSi/c1-15-7-9-18(10-8-15)25(20,21)23-13-16-11-17(14-22-12-16)24-26(5,6)19(2,3)4/h7-10,16-17H,11-14H2,1-6H3/t16-,17+/m0/s1. The number of aryl methyl sites for hydroxylation is 1. The van der Waals surface area contributed by atoms with Crippen molar-refractivity contribution in [1.82, 2.24) is 0 Å². The summed E-state index contributed by atoms with van der Waals surface area (Å²) in [7, 11) is -5.62. The zero-order chi connectivity index (χ0) is 19.6. The van der Waals surface area contributed by atoms with Crippen LogP contribution in [0, 0.1) is 12.8 Å². The first-order valence-electron chi connectivity index (χ1n) is 9.12. The van der Waals surface area contributed by atoms with Gasteiger partial charge in [-0.05, 0) is 43.6 Å². The minimum absolute atomic E-state index is 0.000297. The molecule has 1 aromatic rings. The van der Waals surface area contributed by atoms with Crippen LogP contribution in [-0.2, 0) is 23.5 Å². The fraction of sp³-hybridized carbons (Fsp3) is 0.684. The quantitative estimate of drug-likeness (QED) is 0.531. The van der Waals surface area contributed by atoms with Crippen LogP contribution in [0.25, 0.3) is 0 Å². The highest BCUT2D eigenvalue weighted by Gasteiger charge is 2.40. The maximum absolute atomic E-state index is 12.3. The molecule has 0 unspecified atom stereocenters. The third-order valence-electron chi connectivity index (χ3n) is 5.29. The van der Waals surface area contributed by atoms with Crippen LogP contribution in [0.2, 0.25) is 18.1 Å². The Morgan fingerprint density at radius 3 is 2.35 bits per heavy atom. The molecule has 148 valence electrons. The van der Waals surface area contributed by atoms with Gasteiger partial charge in [-0.1, -0.05) is 38.5 Å². The fourth-order valence-corrected chi connectivity index (χ4v) is 4.95. The second-order valence-electron chi connectivity index (χ2n) is 8.69. The SMILES string of the molecule is Cc1ccc(S(=O)(=O)OC[C@@H]2COC[C@H](O[Si](C)(C)C(C)(C)C)C2)cc1. The summed E-state index contributed by atoms with van der Waals surface area (Å²) in [6.45, 7) is 14.2. The van der Waals surface area contributed by atoms with E-state index in [1.807, 2.05) is 6.92 Å². The van der Waals surface area contributed by atoms with E-state index in [9.17, 15) is 8.42 Å². The molecule has 1 heterocycles. The Hall–Kier alpha value is -0.733. The number of benzene rings is 1. The highest BCUT2D eigenvalue weighted by Crippen LogP contribution is 2.38. The third-order valence-corrected chi connectivity index (χ3v) is 11.1. The highest BCUT2D eigenvalue weighted by molar-refractivity contribution is 7.86. The predicted molar refractivity (Wildman–Crippen MR) is 105 cm³/mol. The lowest BCUT2D eigenvalue weighted by Gasteiger charge is -2.41. The van der Waals surface area contributed by atoms with Crippen molar-refractivity contribution in [3.8, 4) is 0 Å². The van der Waals surface area contributed by atoms with Gasteiger partial charge in [0.05, 0.1) is 30.8 Å². The lowest BCUT2D eigenvalue weighted by molar-refractivity contribution is -0.0397. The van der Waals surface area contributed by atoms with E-state index in [0.29, 0.717) is 13.2 Å². The van der Waals surface area contributed by atoms with Crippen LogP contribution in [0.3, 0.4) is 0 Å². The molecular weight excluding hydrogens is 368 g/mol. The molecule has 1 aromatic carbocycles. The molecule has 0 aliphatic carbocycles. The van der Waals surface area contributed by atoms with Crippen molar-refractivity contribution in [2.24, 2.45) is 5.92 Å². The molecule has 1 fully saturated rings. The topological polar surface area (TPSA) is 61.8 Å². The van der Waals surface area contributed by atoms with Gasteiger partial charge in [0.15, 0.2) is 8.32 Å². The van der Waals surface area contributed by atoms with Gasteiger partial charge in [0.25, 0.3) is 10.1 Å². The average molecular weight is 401 g/mol. The Morgan fingerprint density at radius 2 is 1.77 bits per heavy atom. The van der Waals surface area contributed by atoms with Gasteiger partial charge in [0.1, 0.15) is 0 Å². The molecule has 0 saturated carbocycles. The van der Waals surface area contributed by atoms with E-state index in [-0.39, 0.29) is 28.6 Å². The van der Waals surface area contributed by atoms with E-state index in [2.05, 4.69) is 33.9 Å². The summed E-state index contributed by atoms with van der Waals surface area (Å²) in [5.41, 5.74) is 1.01. The van der Waals surface area contributed by atoms with Crippen molar-refractivity contribution in [3.63, 3.8) is 0 Å². The summed E-state index contributed by atoms with van der Waals surface area (Å²) >= 11 is 0. The smallest absolute Gasteiger partial charge is 0.296 e. The fourth-order valence-electron chi connectivity index (χ4n) is 2.62. The summed E-state index contributed by atoms with van der Waals surface area (Å²) in [4.78, 5) is 0.189. The third kappa shape index (κ3) is 5.63. The molecule has 2 atom stereocenters. The molecule has 0 aromatic heterocycles. The van der Waals surface area contributed by atoms with E-state index >= 15 is 0 Å². The first-order chi connectivity index (χ1) is 11.9. The van der Waals surface area contributed by atoms with Gasteiger partial charge in [-0.15, -0.1) is 0 Å². The van der Waals surface area contributed by atoms with Crippen LogP contribution in [-0.4, -0.2) is 42.7 Å². The molecule has 2 rings (SSSR count). The van der Waals surface area contributed by atoms with E-state index < -0.39 is 18.4 Å². The molecule has 1 aliphatic heterocycles. The van der Waals surface area contributed by atoms with Crippen LogP contribution in [0.4, 0.5) is 0 Å². The maximum atomic E-state index is 12.3. The Balaban J connectivity index is 1.93. The zero-order valence-electron chi connectivity index (χ0n) is 16.7. The average Bonchev–Trinajstić information content (AvgIpc) is 2.52. The normalized spacial score (nSPS) is 22.4. The Kier molecular flexibility index (Phi) is 6.72. The lowest BCUT2D eigenvalue weighted by Crippen LogP contribution is -2.47. The van der Waals surface area contributed by atoms with Gasteiger partial charge in [0.2, 0.25) is 0 Å². The second kappa shape index (κ2) is 8.10. The summed E-state index contributed by atoms with van der Waals surface area (Å²) < 4.78 is 42.0. The highest BCUT2D eigenvalue weighted by atomic mass is 32.2. The van der Waals surface area contributed by atoms with Crippen LogP contribution in [0.1, 0.15) is 32.8 Å². The van der Waals surface area contributed by atoms with E-state index in [1.54, 1.807) is 24.3 Å². The monoisotopic (exact) mass is 400 g/mol. The van der Waals surface area contributed by atoms with Crippen molar-refractivity contribution in [2.45, 2.75) is 63.2 Å².